The van der Waals surface area contributed by atoms with E-state index in [-0.39, 0.29) is 25.0 Å². The summed E-state index contributed by atoms with van der Waals surface area (Å²) >= 11 is 0. The van der Waals surface area contributed by atoms with Crippen molar-refractivity contribution in [2.45, 2.75) is 32.5 Å². The lowest BCUT2D eigenvalue weighted by Crippen LogP contribution is -2.45. The number of ether oxygens (including phenoxy) is 1. The van der Waals surface area contributed by atoms with E-state index in [4.69, 9.17) is 4.74 Å². The molecule has 28 heavy (non-hydrogen) atoms. The van der Waals surface area contributed by atoms with Gasteiger partial charge in [0, 0.05) is 38.1 Å². The Kier molecular flexibility index (Phi) is 6.25. The number of cyclic esters (lactones) is 1. The number of hydrogen-bond donors (Lipinski definition) is 2. The van der Waals surface area contributed by atoms with Gasteiger partial charge in [0.2, 0.25) is 11.8 Å². The molecule has 1 aliphatic rings. The molecule has 9 nitrogen and oxygen atoms in total. The zero-order valence-corrected chi connectivity index (χ0v) is 15.6. The molecule has 0 unspecified atom stereocenters. The third-order valence-electron chi connectivity index (χ3n) is 4.36. The van der Waals surface area contributed by atoms with Crippen molar-refractivity contribution in [3.63, 3.8) is 0 Å². The van der Waals surface area contributed by atoms with Crippen molar-refractivity contribution in [1.82, 2.24) is 19.8 Å². The molecular formula is C19H23N5O4. The maximum atomic E-state index is 12.5. The minimum Gasteiger partial charge on any atom is -0.447 e. The number of nitrogens with one attached hydrogen (secondary N) is 2. The minimum atomic E-state index is -0.657. The number of anilines is 1. The fraction of sp³-hybridized carbons (Fsp3) is 0.368. The Balaban J connectivity index is 1.51. The molecule has 0 bridgehead atoms. The normalized spacial score (nSPS) is 16.0. The van der Waals surface area contributed by atoms with Crippen molar-refractivity contribution < 1.29 is 19.1 Å². The van der Waals surface area contributed by atoms with Crippen molar-refractivity contribution in [2.24, 2.45) is 0 Å². The summed E-state index contributed by atoms with van der Waals surface area (Å²) in [5.41, 5.74) is 1.51. The highest BCUT2D eigenvalue weighted by Crippen LogP contribution is 2.18. The molecule has 2 heterocycles. The molecule has 1 aromatic heterocycles. The summed E-state index contributed by atoms with van der Waals surface area (Å²) in [7, 11) is 0. The largest absolute Gasteiger partial charge is 0.447 e. The number of rotatable bonds is 8. The maximum absolute atomic E-state index is 12.5. The lowest BCUT2D eigenvalue weighted by molar-refractivity contribution is -0.125. The molecule has 1 aliphatic heterocycles. The smallest absolute Gasteiger partial charge is 0.410 e. The number of carbonyl (C=O) groups excluding carboxylic acids is 3. The van der Waals surface area contributed by atoms with Crippen LogP contribution in [-0.2, 0) is 27.4 Å². The Morgan fingerprint density at radius 1 is 1.29 bits per heavy atom. The van der Waals surface area contributed by atoms with Crippen LogP contribution in [0.2, 0.25) is 0 Å². The van der Waals surface area contributed by atoms with Crippen LogP contribution in [0.1, 0.15) is 18.9 Å². The van der Waals surface area contributed by atoms with E-state index in [2.05, 4.69) is 15.6 Å². The first-order valence-corrected chi connectivity index (χ1v) is 9.06. The SMILES string of the molecule is CC(=O)Nc1ccc(CN2C(=O)OC[C@H]2C(=O)NCCCn2ccnc2)cc1. The third kappa shape index (κ3) is 5.09. The summed E-state index contributed by atoms with van der Waals surface area (Å²) in [5, 5.41) is 5.55. The van der Waals surface area contributed by atoms with Gasteiger partial charge in [-0.15, -0.1) is 0 Å². The number of imidazole rings is 1. The second kappa shape index (κ2) is 9.03. The number of benzene rings is 1. The van der Waals surface area contributed by atoms with Gasteiger partial charge in [0.1, 0.15) is 12.6 Å². The Labute approximate surface area is 162 Å². The van der Waals surface area contributed by atoms with Gasteiger partial charge in [-0.3, -0.25) is 14.5 Å². The van der Waals surface area contributed by atoms with Crippen LogP contribution in [0.15, 0.2) is 43.0 Å². The van der Waals surface area contributed by atoms with Crippen LogP contribution in [-0.4, -0.2) is 51.6 Å². The van der Waals surface area contributed by atoms with E-state index in [9.17, 15) is 14.4 Å². The van der Waals surface area contributed by atoms with Crippen LogP contribution < -0.4 is 10.6 Å². The van der Waals surface area contributed by atoms with Crippen molar-refractivity contribution in [2.75, 3.05) is 18.5 Å². The summed E-state index contributed by atoms with van der Waals surface area (Å²) in [5.74, 6) is -0.382. The monoisotopic (exact) mass is 385 g/mol. The topological polar surface area (TPSA) is 106 Å². The third-order valence-corrected chi connectivity index (χ3v) is 4.36. The summed E-state index contributed by atoms with van der Waals surface area (Å²) in [4.78, 5) is 41.0. The molecule has 1 fully saturated rings. The summed E-state index contributed by atoms with van der Waals surface area (Å²) in [6, 6.07) is 6.45. The van der Waals surface area contributed by atoms with Crippen LogP contribution in [0, 0.1) is 0 Å². The van der Waals surface area contributed by atoms with Gasteiger partial charge < -0.3 is 19.9 Å². The van der Waals surface area contributed by atoms with E-state index >= 15 is 0 Å². The van der Waals surface area contributed by atoms with Crippen LogP contribution in [0.5, 0.6) is 0 Å². The maximum Gasteiger partial charge on any atom is 0.410 e. The lowest BCUT2D eigenvalue weighted by Gasteiger charge is -2.21. The standard InChI is InChI=1S/C19H23N5O4/c1-14(25)22-16-5-3-15(4-6-16)11-24-17(12-28-19(24)27)18(26)21-7-2-9-23-10-8-20-13-23/h3-6,8,10,13,17H,2,7,9,11-12H2,1H3,(H,21,26)(H,22,25)/t17-/m0/s1. The second-order valence-corrected chi connectivity index (χ2v) is 6.54. The van der Waals surface area contributed by atoms with Crippen LogP contribution in [0.25, 0.3) is 0 Å². The number of amides is 3. The Bertz CT molecular complexity index is 819. The van der Waals surface area contributed by atoms with Gasteiger partial charge >= 0.3 is 6.09 Å². The Morgan fingerprint density at radius 3 is 2.75 bits per heavy atom. The van der Waals surface area contributed by atoms with Crippen molar-refractivity contribution in [3.8, 4) is 0 Å². The zero-order chi connectivity index (χ0) is 19.9. The van der Waals surface area contributed by atoms with Crippen LogP contribution >= 0.6 is 0 Å². The molecule has 0 radical (unpaired) electrons. The first-order valence-electron chi connectivity index (χ1n) is 9.06. The van der Waals surface area contributed by atoms with Crippen molar-refractivity contribution in [1.29, 1.82) is 0 Å². The zero-order valence-electron chi connectivity index (χ0n) is 15.6. The van der Waals surface area contributed by atoms with E-state index in [1.165, 1.54) is 11.8 Å². The molecule has 9 heteroatoms. The Morgan fingerprint density at radius 2 is 2.07 bits per heavy atom. The average molecular weight is 385 g/mol. The van der Waals surface area contributed by atoms with Gasteiger partial charge in [0.25, 0.3) is 0 Å². The van der Waals surface area contributed by atoms with Crippen molar-refractivity contribution >= 4 is 23.6 Å². The van der Waals surface area contributed by atoms with Crippen molar-refractivity contribution in [3.05, 3.63) is 48.5 Å². The second-order valence-electron chi connectivity index (χ2n) is 6.54. The molecule has 1 saturated heterocycles. The molecule has 0 saturated carbocycles. The molecule has 1 aromatic carbocycles. The number of aryl methyl sites for hydroxylation is 1. The van der Waals surface area contributed by atoms with Gasteiger partial charge in [-0.25, -0.2) is 9.78 Å². The number of hydrogen-bond acceptors (Lipinski definition) is 5. The van der Waals surface area contributed by atoms with Crippen LogP contribution in [0.3, 0.4) is 0 Å². The average Bonchev–Trinajstić information content (AvgIpc) is 3.30. The molecule has 1 atom stereocenters. The molecule has 0 spiro atoms. The Hall–Kier alpha value is -3.36. The molecule has 148 valence electrons. The summed E-state index contributed by atoms with van der Waals surface area (Å²) in [6.07, 6.45) is 5.55. The summed E-state index contributed by atoms with van der Waals surface area (Å²) < 4.78 is 7.01. The highest BCUT2D eigenvalue weighted by Gasteiger charge is 2.37. The predicted molar refractivity (Wildman–Crippen MR) is 101 cm³/mol. The van der Waals surface area contributed by atoms with Gasteiger partial charge in [0.15, 0.2) is 0 Å². The number of nitrogens with zero attached hydrogens (tertiary/aromatic N) is 3. The van der Waals surface area contributed by atoms with E-state index in [1.807, 2.05) is 10.8 Å². The molecular weight excluding hydrogens is 362 g/mol. The van der Waals surface area contributed by atoms with Crippen LogP contribution in [0.4, 0.5) is 10.5 Å². The minimum absolute atomic E-state index is 0.0379. The first-order chi connectivity index (χ1) is 13.5. The van der Waals surface area contributed by atoms with Gasteiger partial charge in [0.05, 0.1) is 12.9 Å². The fourth-order valence-corrected chi connectivity index (χ4v) is 2.95. The molecule has 2 N–H and O–H groups in total. The molecule has 3 rings (SSSR count). The van der Waals surface area contributed by atoms with Gasteiger partial charge in [-0.2, -0.15) is 0 Å². The highest BCUT2D eigenvalue weighted by atomic mass is 16.6. The first kappa shape index (κ1) is 19.4. The molecule has 2 aromatic rings. The molecule has 3 amide bonds. The highest BCUT2D eigenvalue weighted by molar-refractivity contribution is 5.89. The van der Waals surface area contributed by atoms with E-state index < -0.39 is 12.1 Å². The van der Waals surface area contributed by atoms with E-state index in [0.29, 0.717) is 12.2 Å². The molecule has 0 aliphatic carbocycles. The lowest BCUT2D eigenvalue weighted by atomic mass is 10.1. The summed E-state index contributed by atoms with van der Waals surface area (Å²) in [6.45, 7) is 2.99. The fourth-order valence-electron chi connectivity index (χ4n) is 2.95. The predicted octanol–water partition coefficient (Wildman–Crippen LogP) is 1.37. The van der Waals surface area contributed by atoms with Gasteiger partial charge in [-0.1, -0.05) is 12.1 Å². The van der Waals surface area contributed by atoms with Gasteiger partial charge in [-0.05, 0) is 24.1 Å². The van der Waals surface area contributed by atoms with E-state index in [0.717, 1.165) is 18.5 Å². The quantitative estimate of drug-likeness (QED) is 0.668. The number of aromatic nitrogens is 2. The van der Waals surface area contributed by atoms with E-state index in [1.54, 1.807) is 36.8 Å². The number of carbonyl (C=O) groups is 3.